The summed E-state index contributed by atoms with van der Waals surface area (Å²) in [6.45, 7) is 3.56. The SMILES string of the molecule is C=CC(=O)CCCCOC(=O)CCC(=O)O. The average molecular weight is 228 g/mol. The Balaban J connectivity index is 3.37. The van der Waals surface area contributed by atoms with Gasteiger partial charge in [-0.3, -0.25) is 14.4 Å². The zero-order valence-electron chi connectivity index (χ0n) is 9.11. The zero-order chi connectivity index (χ0) is 12.4. The van der Waals surface area contributed by atoms with Gasteiger partial charge in [0.1, 0.15) is 0 Å². The molecule has 0 fully saturated rings. The van der Waals surface area contributed by atoms with Crippen molar-refractivity contribution in [1.82, 2.24) is 0 Å². The third-order valence-electron chi connectivity index (χ3n) is 1.85. The summed E-state index contributed by atoms with van der Waals surface area (Å²) in [6.07, 6.45) is 2.57. The number of carbonyl (C=O) groups is 3. The van der Waals surface area contributed by atoms with Crippen LogP contribution in [0.4, 0.5) is 0 Å². The van der Waals surface area contributed by atoms with Gasteiger partial charge in [0.15, 0.2) is 5.78 Å². The van der Waals surface area contributed by atoms with Crippen LogP contribution in [0.2, 0.25) is 0 Å². The number of carboxylic acids is 1. The van der Waals surface area contributed by atoms with Crippen LogP contribution < -0.4 is 0 Å². The normalized spacial score (nSPS) is 9.50. The summed E-state index contributed by atoms with van der Waals surface area (Å²) in [7, 11) is 0. The lowest BCUT2D eigenvalue weighted by Crippen LogP contribution is -2.08. The number of aliphatic carboxylic acids is 1. The highest BCUT2D eigenvalue weighted by atomic mass is 16.5. The fourth-order valence-electron chi connectivity index (χ4n) is 0.971. The Morgan fingerprint density at radius 1 is 1.12 bits per heavy atom. The summed E-state index contributed by atoms with van der Waals surface area (Å²) in [5.74, 6) is -1.57. The first kappa shape index (κ1) is 14.3. The average Bonchev–Trinajstić information content (AvgIpc) is 2.25. The first-order chi connectivity index (χ1) is 7.56. The van der Waals surface area contributed by atoms with E-state index in [4.69, 9.17) is 9.84 Å². The molecular formula is C11H16O5. The lowest BCUT2D eigenvalue weighted by molar-refractivity contribution is -0.147. The Hall–Kier alpha value is -1.65. The number of ketones is 1. The van der Waals surface area contributed by atoms with Gasteiger partial charge >= 0.3 is 11.9 Å². The first-order valence-corrected chi connectivity index (χ1v) is 5.09. The molecule has 0 atom stereocenters. The Morgan fingerprint density at radius 3 is 2.38 bits per heavy atom. The van der Waals surface area contributed by atoms with E-state index in [9.17, 15) is 14.4 Å². The van der Waals surface area contributed by atoms with Crippen molar-refractivity contribution >= 4 is 17.7 Å². The molecule has 0 heterocycles. The second-order valence-electron chi connectivity index (χ2n) is 3.24. The van der Waals surface area contributed by atoms with Crippen molar-refractivity contribution in [3.8, 4) is 0 Å². The third kappa shape index (κ3) is 8.93. The van der Waals surface area contributed by atoms with Crippen molar-refractivity contribution in [2.45, 2.75) is 32.1 Å². The Kier molecular flexibility index (Phi) is 7.75. The maximum Gasteiger partial charge on any atom is 0.306 e. The minimum atomic E-state index is -1.02. The molecule has 0 bridgehead atoms. The number of allylic oxidation sites excluding steroid dienone is 1. The Labute approximate surface area is 94.1 Å². The molecule has 1 N–H and O–H groups in total. The summed E-state index contributed by atoms with van der Waals surface area (Å²) >= 11 is 0. The van der Waals surface area contributed by atoms with Crippen LogP contribution in [0.5, 0.6) is 0 Å². The van der Waals surface area contributed by atoms with Crippen LogP contribution in [0.3, 0.4) is 0 Å². The van der Waals surface area contributed by atoms with Crippen molar-refractivity contribution < 1.29 is 24.2 Å². The number of carbonyl (C=O) groups excluding carboxylic acids is 2. The van der Waals surface area contributed by atoms with Gasteiger partial charge in [0, 0.05) is 6.42 Å². The van der Waals surface area contributed by atoms with Crippen molar-refractivity contribution in [2.75, 3.05) is 6.61 Å². The van der Waals surface area contributed by atoms with E-state index >= 15 is 0 Å². The molecule has 90 valence electrons. The van der Waals surface area contributed by atoms with Gasteiger partial charge in [-0.15, -0.1) is 0 Å². The molecule has 0 aliphatic rings. The van der Waals surface area contributed by atoms with E-state index in [1.54, 1.807) is 0 Å². The van der Waals surface area contributed by atoms with Crippen molar-refractivity contribution in [3.63, 3.8) is 0 Å². The molecule has 0 aromatic rings. The Morgan fingerprint density at radius 2 is 1.81 bits per heavy atom. The van der Waals surface area contributed by atoms with E-state index in [-0.39, 0.29) is 25.2 Å². The van der Waals surface area contributed by atoms with Crippen molar-refractivity contribution in [3.05, 3.63) is 12.7 Å². The number of ether oxygens (including phenoxy) is 1. The fraction of sp³-hybridized carbons (Fsp3) is 0.545. The molecule has 0 amide bonds. The van der Waals surface area contributed by atoms with E-state index in [0.29, 0.717) is 19.3 Å². The van der Waals surface area contributed by atoms with Gasteiger partial charge in [-0.2, -0.15) is 0 Å². The maximum absolute atomic E-state index is 10.9. The summed E-state index contributed by atoms with van der Waals surface area (Å²) in [6, 6.07) is 0. The van der Waals surface area contributed by atoms with Gasteiger partial charge in [-0.1, -0.05) is 6.58 Å². The quantitative estimate of drug-likeness (QED) is 0.365. The van der Waals surface area contributed by atoms with Gasteiger partial charge in [0.05, 0.1) is 19.4 Å². The molecule has 0 aliphatic heterocycles. The summed E-state index contributed by atoms with van der Waals surface area (Å²) in [5, 5.41) is 8.31. The second-order valence-corrected chi connectivity index (χ2v) is 3.24. The van der Waals surface area contributed by atoms with Gasteiger partial charge in [0.25, 0.3) is 0 Å². The number of hydrogen-bond acceptors (Lipinski definition) is 4. The topological polar surface area (TPSA) is 80.7 Å². The van der Waals surface area contributed by atoms with Crippen LogP contribution in [-0.4, -0.2) is 29.4 Å². The summed E-state index contributed by atoms with van der Waals surface area (Å²) < 4.78 is 4.77. The van der Waals surface area contributed by atoms with Crippen molar-refractivity contribution in [2.24, 2.45) is 0 Å². The fourth-order valence-corrected chi connectivity index (χ4v) is 0.971. The number of hydrogen-bond donors (Lipinski definition) is 1. The molecule has 0 rings (SSSR count). The molecule has 0 aromatic carbocycles. The number of rotatable bonds is 9. The molecular weight excluding hydrogens is 212 g/mol. The minimum Gasteiger partial charge on any atom is -0.481 e. The lowest BCUT2D eigenvalue weighted by Gasteiger charge is -2.02. The summed E-state index contributed by atoms with van der Waals surface area (Å²) in [5.41, 5.74) is 0. The second kappa shape index (κ2) is 8.64. The van der Waals surface area contributed by atoms with E-state index in [1.807, 2.05) is 0 Å². The van der Waals surface area contributed by atoms with E-state index in [0.717, 1.165) is 0 Å². The highest BCUT2D eigenvalue weighted by Crippen LogP contribution is 1.99. The van der Waals surface area contributed by atoms with Crippen LogP contribution in [0.15, 0.2) is 12.7 Å². The van der Waals surface area contributed by atoms with Crippen LogP contribution in [-0.2, 0) is 19.1 Å². The molecule has 5 nitrogen and oxygen atoms in total. The van der Waals surface area contributed by atoms with Gasteiger partial charge in [-0.25, -0.2) is 0 Å². The standard InChI is InChI=1S/C11H16O5/c1-2-9(12)5-3-4-8-16-11(15)7-6-10(13)14/h2H,1,3-8H2,(H,13,14). The van der Waals surface area contributed by atoms with Crippen LogP contribution in [0.1, 0.15) is 32.1 Å². The zero-order valence-corrected chi connectivity index (χ0v) is 9.11. The molecule has 0 saturated carbocycles. The molecule has 0 aromatic heterocycles. The third-order valence-corrected chi connectivity index (χ3v) is 1.85. The predicted molar refractivity (Wildman–Crippen MR) is 56.9 cm³/mol. The molecule has 0 radical (unpaired) electrons. The number of esters is 1. The maximum atomic E-state index is 10.9. The van der Waals surface area contributed by atoms with Crippen LogP contribution in [0, 0.1) is 0 Å². The van der Waals surface area contributed by atoms with E-state index < -0.39 is 11.9 Å². The monoisotopic (exact) mass is 228 g/mol. The Bertz CT molecular complexity index is 270. The number of unbranched alkanes of at least 4 members (excludes halogenated alkanes) is 1. The lowest BCUT2D eigenvalue weighted by atomic mass is 10.2. The smallest absolute Gasteiger partial charge is 0.306 e. The molecule has 5 heteroatoms. The van der Waals surface area contributed by atoms with Gasteiger partial charge in [-0.05, 0) is 18.9 Å². The highest BCUT2D eigenvalue weighted by Gasteiger charge is 2.06. The number of carboxylic acid groups (broad SMARTS) is 1. The first-order valence-electron chi connectivity index (χ1n) is 5.09. The molecule has 16 heavy (non-hydrogen) atoms. The van der Waals surface area contributed by atoms with E-state index in [2.05, 4.69) is 6.58 Å². The van der Waals surface area contributed by atoms with Gasteiger partial charge < -0.3 is 9.84 Å². The van der Waals surface area contributed by atoms with Crippen LogP contribution >= 0.6 is 0 Å². The largest absolute Gasteiger partial charge is 0.481 e. The van der Waals surface area contributed by atoms with Gasteiger partial charge in [0.2, 0.25) is 0 Å². The summed E-state index contributed by atoms with van der Waals surface area (Å²) in [4.78, 5) is 31.9. The molecule has 0 saturated heterocycles. The highest BCUT2D eigenvalue weighted by molar-refractivity contribution is 5.88. The minimum absolute atomic E-state index is 0.0304. The van der Waals surface area contributed by atoms with E-state index in [1.165, 1.54) is 6.08 Å². The molecule has 0 unspecified atom stereocenters. The molecule has 0 aliphatic carbocycles. The van der Waals surface area contributed by atoms with Crippen molar-refractivity contribution in [1.29, 1.82) is 0 Å². The predicted octanol–water partition coefficient (Wildman–Crippen LogP) is 1.32. The molecule has 0 spiro atoms. The van der Waals surface area contributed by atoms with Crippen LogP contribution in [0.25, 0.3) is 0 Å².